The first kappa shape index (κ1) is 25.1. The molecule has 2 aromatic rings. The molecule has 1 saturated heterocycles. The van der Waals surface area contributed by atoms with Crippen molar-refractivity contribution in [3.63, 3.8) is 0 Å². The number of hydrogen-bond acceptors (Lipinski definition) is 5. The van der Waals surface area contributed by atoms with Crippen molar-refractivity contribution in [1.29, 1.82) is 0 Å². The third kappa shape index (κ3) is 6.74. The summed E-state index contributed by atoms with van der Waals surface area (Å²) in [5.41, 5.74) is -0.124. The van der Waals surface area contributed by atoms with E-state index >= 15 is 0 Å². The fourth-order valence-electron chi connectivity index (χ4n) is 3.55. The van der Waals surface area contributed by atoms with Gasteiger partial charge >= 0.3 is 12.1 Å². The third-order valence-electron chi connectivity index (χ3n) is 5.38. The summed E-state index contributed by atoms with van der Waals surface area (Å²) in [7, 11) is 0. The molecular formula is C22H22Cl2F3N3O3. The first-order valence-corrected chi connectivity index (χ1v) is 11.0. The molecule has 0 bridgehead atoms. The summed E-state index contributed by atoms with van der Waals surface area (Å²) < 4.78 is 43.2. The Morgan fingerprint density at radius 1 is 1.21 bits per heavy atom. The number of esters is 1. The zero-order valence-corrected chi connectivity index (χ0v) is 19.2. The lowest BCUT2D eigenvalue weighted by Crippen LogP contribution is -2.38. The summed E-state index contributed by atoms with van der Waals surface area (Å²) in [5.74, 6) is -0.925. The summed E-state index contributed by atoms with van der Waals surface area (Å²) in [6, 6.07) is 6.85. The molecule has 1 aliphatic heterocycles. The molecule has 1 fully saturated rings. The summed E-state index contributed by atoms with van der Waals surface area (Å²) >= 11 is 12.0. The van der Waals surface area contributed by atoms with Gasteiger partial charge in [-0.2, -0.15) is 13.2 Å². The Morgan fingerprint density at radius 3 is 2.48 bits per heavy atom. The van der Waals surface area contributed by atoms with Crippen LogP contribution >= 0.6 is 23.2 Å². The Bertz CT molecular complexity index is 995. The molecule has 6 nitrogen and oxygen atoms in total. The number of piperidine rings is 1. The number of alkyl halides is 3. The highest BCUT2D eigenvalue weighted by molar-refractivity contribution is 6.35. The molecule has 1 aromatic carbocycles. The van der Waals surface area contributed by atoms with Crippen molar-refractivity contribution in [2.75, 3.05) is 24.6 Å². The van der Waals surface area contributed by atoms with Crippen LogP contribution < -0.4 is 10.2 Å². The number of ether oxygens (including phenoxy) is 1. The molecule has 178 valence electrons. The van der Waals surface area contributed by atoms with Crippen LogP contribution in [0.5, 0.6) is 0 Å². The molecule has 1 amide bonds. The number of carbonyl (C=O) groups excluding carboxylic acids is 2. The van der Waals surface area contributed by atoms with Crippen molar-refractivity contribution in [3.8, 4) is 0 Å². The molecule has 1 aromatic heterocycles. The van der Waals surface area contributed by atoms with Gasteiger partial charge in [0, 0.05) is 29.3 Å². The number of benzene rings is 1. The van der Waals surface area contributed by atoms with E-state index in [2.05, 4.69) is 10.3 Å². The van der Waals surface area contributed by atoms with Crippen molar-refractivity contribution in [2.45, 2.75) is 32.0 Å². The molecule has 33 heavy (non-hydrogen) atoms. The van der Waals surface area contributed by atoms with Gasteiger partial charge in [-0.1, -0.05) is 29.3 Å². The van der Waals surface area contributed by atoms with E-state index in [1.807, 2.05) is 4.90 Å². The van der Waals surface area contributed by atoms with Crippen LogP contribution in [-0.2, 0) is 20.5 Å². The minimum Gasteiger partial charge on any atom is -0.455 e. The van der Waals surface area contributed by atoms with Crippen LogP contribution in [0.3, 0.4) is 0 Å². The smallest absolute Gasteiger partial charge is 0.417 e. The number of aromatic nitrogens is 1. The van der Waals surface area contributed by atoms with E-state index in [9.17, 15) is 22.8 Å². The van der Waals surface area contributed by atoms with Gasteiger partial charge in [-0.05, 0) is 49.6 Å². The Hall–Kier alpha value is -2.52. The molecule has 11 heteroatoms. The van der Waals surface area contributed by atoms with Crippen molar-refractivity contribution >= 4 is 40.9 Å². The number of nitrogens with zero attached hydrogens (tertiary/aromatic N) is 2. The highest BCUT2D eigenvalue weighted by Crippen LogP contribution is 2.30. The largest absolute Gasteiger partial charge is 0.455 e. The summed E-state index contributed by atoms with van der Waals surface area (Å²) in [5, 5.41) is 3.62. The quantitative estimate of drug-likeness (QED) is 0.558. The van der Waals surface area contributed by atoms with Gasteiger partial charge in [-0.25, -0.2) is 4.98 Å². The van der Waals surface area contributed by atoms with E-state index < -0.39 is 42.2 Å². The maximum Gasteiger partial charge on any atom is 0.417 e. The second-order valence-corrected chi connectivity index (χ2v) is 8.57. The van der Waals surface area contributed by atoms with Gasteiger partial charge in [0.2, 0.25) is 0 Å². The standard InChI is InChI=1S/C22H22Cl2F3N3O3/c1-13(17-4-3-16(23)10-18(17)24)29-20(31)12-33-21(32)14-6-8-30(9-7-14)19-5-2-15(11-28-19)22(25,26)27/h2-5,10-11,13-14H,6-9,12H2,1H3,(H,29,31)/t13-/m1/s1. The number of rotatable bonds is 6. The Balaban J connectivity index is 1.44. The molecule has 0 aliphatic carbocycles. The van der Waals surface area contributed by atoms with Crippen molar-refractivity contribution in [2.24, 2.45) is 5.92 Å². The topological polar surface area (TPSA) is 71.5 Å². The molecule has 2 heterocycles. The maximum absolute atomic E-state index is 12.7. The highest BCUT2D eigenvalue weighted by atomic mass is 35.5. The molecule has 0 unspecified atom stereocenters. The van der Waals surface area contributed by atoms with E-state index in [1.54, 1.807) is 25.1 Å². The lowest BCUT2D eigenvalue weighted by atomic mass is 9.97. The second kappa shape index (κ2) is 10.6. The van der Waals surface area contributed by atoms with E-state index in [0.29, 0.717) is 47.4 Å². The first-order valence-electron chi connectivity index (χ1n) is 10.2. The highest BCUT2D eigenvalue weighted by Gasteiger charge is 2.32. The van der Waals surface area contributed by atoms with Crippen molar-refractivity contribution in [3.05, 3.63) is 57.7 Å². The van der Waals surface area contributed by atoms with Gasteiger partial charge in [0.25, 0.3) is 5.91 Å². The van der Waals surface area contributed by atoms with E-state index in [4.69, 9.17) is 27.9 Å². The summed E-state index contributed by atoms with van der Waals surface area (Å²) in [6.45, 7) is 2.21. The van der Waals surface area contributed by atoms with Crippen molar-refractivity contribution in [1.82, 2.24) is 10.3 Å². The number of carbonyl (C=O) groups is 2. The fraction of sp³-hybridized carbons (Fsp3) is 0.409. The van der Waals surface area contributed by atoms with Crippen LogP contribution in [0.2, 0.25) is 10.0 Å². The lowest BCUT2D eigenvalue weighted by molar-refractivity contribution is -0.153. The number of halogens is 5. The van der Waals surface area contributed by atoms with Crippen LogP contribution in [0.15, 0.2) is 36.5 Å². The fourth-order valence-corrected chi connectivity index (χ4v) is 4.13. The minimum absolute atomic E-state index is 0.397. The maximum atomic E-state index is 12.7. The molecule has 1 aliphatic rings. The second-order valence-electron chi connectivity index (χ2n) is 7.73. The molecule has 0 saturated carbocycles. The Kier molecular flexibility index (Phi) is 8.07. The average Bonchev–Trinajstić information content (AvgIpc) is 2.77. The molecule has 1 N–H and O–H groups in total. The van der Waals surface area contributed by atoms with Crippen LogP contribution in [-0.4, -0.2) is 36.6 Å². The zero-order chi connectivity index (χ0) is 24.2. The third-order valence-corrected chi connectivity index (χ3v) is 5.94. The molecule has 0 radical (unpaired) electrons. The van der Waals surface area contributed by atoms with Gasteiger partial charge in [-0.3, -0.25) is 9.59 Å². The first-order chi connectivity index (χ1) is 15.5. The predicted octanol–water partition coefficient (Wildman–Crippen LogP) is 5.04. The van der Waals surface area contributed by atoms with E-state index in [1.165, 1.54) is 6.07 Å². The molecule has 3 rings (SSSR count). The van der Waals surface area contributed by atoms with Crippen LogP contribution in [0.4, 0.5) is 19.0 Å². The number of pyridine rings is 1. The number of anilines is 1. The Morgan fingerprint density at radius 2 is 1.91 bits per heavy atom. The molecule has 0 spiro atoms. The van der Waals surface area contributed by atoms with E-state index in [-0.39, 0.29) is 0 Å². The van der Waals surface area contributed by atoms with Gasteiger partial charge in [0.1, 0.15) is 5.82 Å². The number of amides is 1. The van der Waals surface area contributed by atoms with Gasteiger partial charge in [0.15, 0.2) is 6.61 Å². The van der Waals surface area contributed by atoms with Gasteiger partial charge in [0.05, 0.1) is 17.5 Å². The minimum atomic E-state index is -4.44. The molecular weight excluding hydrogens is 482 g/mol. The normalized spacial score (nSPS) is 15.8. The average molecular weight is 504 g/mol. The molecule has 1 atom stereocenters. The number of nitrogens with one attached hydrogen (secondary N) is 1. The van der Waals surface area contributed by atoms with Crippen LogP contribution in [0.25, 0.3) is 0 Å². The lowest BCUT2D eigenvalue weighted by Gasteiger charge is -2.31. The van der Waals surface area contributed by atoms with Crippen LogP contribution in [0, 0.1) is 5.92 Å². The Labute approximate surface area is 199 Å². The monoisotopic (exact) mass is 503 g/mol. The SMILES string of the molecule is C[C@@H](NC(=O)COC(=O)C1CCN(c2ccc(C(F)(F)F)cn2)CC1)c1ccc(Cl)cc1Cl. The predicted molar refractivity (Wildman–Crippen MR) is 118 cm³/mol. The summed E-state index contributed by atoms with van der Waals surface area (Å²) in [6.07, 6.45) is -2.75. The summed E-state index contributed by atoms with van der Waals surface area (Å²) in [4.78, 5) is 30.2. The number of hydrogen-bond donors (Lipinski definition) is 1. The van der Waals surface area contributed by atoms with Crippen molar-refractivity contribution < 1.29 is 27.5 Å². The van der Waals surface area contributed by atoms with Gasteiger partial charge in [-0.15, -0.1) is 0 Å². The van der Waals surface area contributed by atoms with E-state index in [0.717, 1.165) is 12.3 Å². The van der Waals surface area contributed by atoms with Gasteiger partial charge < -0.3 is 15.0 Å². The zero-order valence-electron chi connectivity index (χ0n) is 17.7. The van der Waals surface area contributed by atoms with Crippen LogP contribution in [0.1, 0.15) is 36.9 Å².